The fraction of sp³-hybridized carbons (Fsp3) is 0.927. The molecule has 0 heterocycles. The Morgan fingerprint density at radius 3 is 0.930 bits per heavy atom. The van der Waals surface area contributed by atoms with Crippen LogP contribution < -0.4 is 0 Å². The molecule has 0 amide bonds. The molecule has 9 aliphatic carbocycles. The van der Waals surface area contributed by atoms with Gasteiger partial charge in [-0.25, -0.2) is 0 Å². The summed E-state index contributed by atoms with van der Waals surface area (Å²) < 4.78 is 0. The lowest BCUT2D eigenvalue weighted by Gasteiger charge is -2.51. The van der Waals surface area contributed by atoms with Gasteiger partial charge in [-0.05, 0) is 194 Å². The van der Waals surface area contributed by atoms with Gasteiger partial charge in [0.2, 0.25) is 0 Å². The van der Waals surface area contributed by atoms with E-state index in [1.165, 1.54) is 205 Å². The molecule has 0 aromatic heterocycles. The van der Waals surface area contributed by atoms with Crippen LogP contribution in [0.25, 0.3) is 0 Å². The molecule has 0 N–H and O–H groups in total. The summed E-state index contributed by atoms with van der Waals surface area (Å²) in [6, 6.07) is 5.24. The maximum absolute atomic E-state index is 3.31. The molecule has 0 bridgehead atoms. The second-order valence-corrected chi connectivity index (χ2v) is 23.5. The van der Waals surface area contributed by atoms with Gasteiger partial charge >= 0.3 is 0 Å². The Kier molecular flexibility index (Phi) is 14.4. The van der Waals surface area contributed by atoms with Gasteiger partial charge in [0.1, 0.15) is 0 Å². The highest BCUT2D eigenvalue weighted by atomic mass is 15.2. The van der Waals surface area contributed by atoms with Crippen LogP contribution in [-0.2, 0) is 0 Å². The number of allylic oxidation sites excluding steroid dienone is 4. The predicted octanol–water partition coefficient (Wildman–Crippen LogP) is 15.3. The van der Waals surface area contributed by atoms with E-state index in [1.54, 1.807) is 12.8 Å². The zero-order valence-corrected chi connectivity index (χ0v) is 37.8. The average Bonchev–Trinajstić information content (AvgIpc) is 3.49. The molecule has 0 radical (unpaired) electrons. The normalized spacial score (nSPS) is 40.9. The van der Waals surface area contributed by atoms with Gasteiger partial charge in [0.25, 0.3) is 0 Å². The van der Waals surface area contributed by atoms with E-state index in [9.17, 15) is 0 Å². The number of fused-ring (bicyclic) bond motifs is 3. The van der Waals surface area contributed by atoms with Crippen molar-refractivity contribution in [1.82, 2.24) is 9.80 Å². The third kappa shape index (κ3) is 9.73. The van der Waals surface area contributed by atoms with E-state index in [4.69, 9.17) is 0 Å². The molecule has 2 heteroatoms. The van der Waals surface area contributed by atoms with Gasteiger partial charge in [-0.1, -0.05) is 115 Å². The molecule has 9 fully saturated rings. The monoisotopic (exact) mass is 781 g/mol. The highest BCUT2D eigenvalue weighted by Gasteiger charge is 2.59. The minimum absolute atomic E-state index is 0.506. The SMILES string of the molecule is CC1(C)C2CC(N(C3CCCCC3)C3CCC(/C=C/C4CCCCC4)CC3)CCC2C2CCC(N(C3CCCCC3)C3CCC(/C=C/C4CCCCC4)CC3)CC21. The summed E-state index contributed by atoms with van der Waals surface area (Å²) in [4.78, 5) is 6.62. The Morgan fingerprint density at radius 1 is 0.298 bits per heavy atom. The van der Waals surface area contributed by atoms with Crippen LogP contribution in [-0.4, -0.2) is 46.1 Å². The van der Waals surface area contributed by atoms with E-state index in [2.05, 4.69) is 48.0 Å². The molecule has 2 nitrogen and oxygen atoms in total. The van der Waals surface area contributed by atoms with Gasteiger partial charge < -0.3 is 0 Å². The lowest BCUT2D eigenvalue weighted by Crippen LogP contribution is -2.54. The summed E-state index contributed by atoms with van der Waals surface area (Å²) in [5.41, 5.74) is 0.506. The van der Waals surface area contributed by atoms with Gasteiger partial charge in [-0.15, -0.1) is 0 Å². The molecular weight excluding hydrogens is 689 g/mol. The fourth-order valence-electron chi connectivity index (χ4n) is 16.9. The topological polar surface area (TPSA) is 6.48 Å². The summed E-state index contributed by atoms with van der Waals surface area (Å²) in [5.74, 6) is 7.48. The minimum Gasteiger partial charge on any atom is -0.294 e. The molecule has 322 valence electrons. The first-order valence-electron chi connectivity index (χ1n) is 26.9. The third-order valence-corrected chi connectivity index (χ3v) is 20.0. The molecular formula is C55H92N2. The Bertz CT molecular complexity index is 1160. The molecule has 6 atom stereocenters. The maximum atomic E-state index is 3.31. The first-order chi connectivity index (χ1) is 28.0. The number of hydrogen-bond donors (Lipinski definition) is 0. The Balaban J connectivity index is 0.853. The Morgan fingerprint density at radius 2 is 0.579 bits per heavy atom. The molecule has 0 aromatic carbocycles. The molecule has 9 rings (SSSR count). The zero-order valence-electron chi connectivity index (χ0n) is 37.8. The first-order valence-corrected chi connectivity index (χ1v) is 26.9. The molecule has 57 heavy (non-hydrogen) atoms. The van der Waals surface area contributed by atoms with Crippen LogP contribution in [0.15, 0.2) is 24.3 Å². The molecule has 0 aliphatic heterocycles. The van der Waals surface area contributed by atoms with Crippen LogP contribution in [0.5, 0.6) is 0 Å². The van der Waals surface area contributed by atoms with Crippen LogP contribution in [0.1, 0.15) is 232 Å². The Hall–Kier alpha value is -0.600. The van der Waals surface area contributed by atoms with Gasteiger partial charge in [0.15, 0.2) is 0 Å². The molecule has 0 aromatic rings. The van der Waals surface area contributed by atoms with Crippen LogP contribution in [0.4, 0.5) is 0 Å². The van der Waals surface area contributed by atoms with E-state index in [0.29, 0.717) is 5.41 Å². The van der Waals surface area contributed by atoms with Gasteiger partial charge in [-0.2, -0.15) is 0 Å². The second-order valence-electron chi connectivity index (χ2n) is 23.5. The van der Waals surface area contributed by atoms with Crippen LogP contribution in [0.2, 0.25) is 0 Å². The summed E-state index contributed by atoms with van der Waals surface area (Å²) in [6.45, 7) is 5.65. The summed E-state index contributed by atoms with van der Waals surface area (Å²) in [5, 5.41) is 0. The van der Waals surface area contributed by atoms with Crippen LogP contribution in [0, 0.1) is 52.8 Å². The largest absolute Gasteiger partial charge is 0.294 e. The van der Waals surface area contributed by atoms with Crippen molar-refractivity contribution in [1.29, 1.82) is 0 Å². The van der Waals surface area contributed by atoms with E-state index in [-0.39, 0.29) is 0 Å². The molecule has 6 unspecified atom stereocenters. The third-order valence-electron chi connectivity index (χ3n) is 20.0. The smallest absolute Gasteiger partial charge is 0.0104 e. The van der Waals surface area contributed by atoms with Gasteiger partial charge in [0, 0.05) is 36.3 Å². The van der Waals surface area contributed by atoms with E-state index in [0.717, 1.165) is 83.6 Å². The van der Waals surface area contributed by atoms with Crippen molar-refractivity contribution in [2.45, 2.75) is 268 Å². The Labute approximate surface area is 354 Å². The maximum Gasteiger partial charge on any atom is 0.0104 e. The first kappa shape index (κ1) is 41.7. The lowest BCUT2D eigenvalue weighted by atomic mass is 9.66. The van der Waals surface area contributed by atoms with E-state index in [1.807, 2.05) is 0 Å². The van der Waals surface area contributed by atoms with Crippen molar-refractivity contribution in [3.63, 3.8) is 0 Å². The summed E-state index contributed by atoms with van der Waals surface area (Å²) in [6.07, 6.45) is 61.4. The van der Waals surface area contributed by atoms with Crippen molar-refractivity contribution in [3.05, 3.63) is 24.3 Å². The van der Waals surface area contributed by atoms with Crippen LogP contribution >= 0.6 is 0 Å². The summed E-state index contributed by atoms with van der Waals surface area (Å²) in [7, 11) is 0. The molecule has 0 spiro atoms. The number of rotatable bonds is 10. The van der Waals surface area contributed by atoms with Crippen molar-refractivity contribution < 1.29 is 0 Å². The lowest BCUT2D eigenvalue weighted by molar-refractivity contribution is -0.0169. The van der Waals surface area contributed by atoms with Gasteiger partial charge in [-0.3, -0.25) is 9.80 Å². The zero-order chi connectivity index (χ0) is 38.6. The van der Waals surface area contributed by atoms with Crippen molar-refractivity contribution in [2.75, 3.05) is 0 Å². The quantitative estimate of drug-likeness (QED) is 0.204. The summed E-state index contributed by atoms with van der Waals surface area (Å²) >= 11 is 0. The number of nitrogens with zero attached hydrogens (tertiary/aromatic N) is 2. The molecule has 0 saturated heterocycles. The van der Waals surface area contributed by atoms with E-state index < -0.39 is 0 Å². The fourth-order valence-corrected chi connectivity index (χ4v) is 16.9. The van der Waals surface area contributed by atoms with Crippen molar-refractivity contribution in [3.8, 4) is 0 Å². The van der Waals surface area contributed by atoms with Gasteiger partial charge in [0.05, 0.1) is 0 Å². The second kappa shape index (κ2) is 19.6. The highest BCUT2D eigenvalue weighted by Crippen LogP contribution is 2.64. The average molecular weight is 781 g/mol. The highest BCUT2D eigenvalue weighted by molar-refractivity contribution is 5.10. The molecule has 9 saturated carbocycles. The predicted molar refractivity (Wildman–Crippen MR) is 243 cm³/mol. The van der Waals surface area contributed by atoms with Crippen molar-refractivity contribution >= 4 is 0 Å². The van der Waals surface area contributed by atoms with E-state index >= 15 is 0 Å². The van der Waals surface area contributed by atoms with Crippen molar-refractivity contribution in [2.24, 2.45) is 52.8 Å². The van der Waals surface area contributed by atoms with Crippen LogP contribution in [0.3, 0.4) is 0 Å². The minimum atomic E-state index is 0.506. The number of hydrogen-bond acceptors (Lipinski definition) is 2. The molecule has 9 aliphatic rings. The standard InChI is InChI=1S/C55H92N2/c1-55(2)53-39-49(56(45-19-11-5-12-20-45)47-31-27-43(28-32-47)25-23-41-15-7-3-8-16-41)35-37-51(53)52-38-36-50(40-54(52)55)57(46-21-13-6-14-22-46)48-33-29-44(30-34-48)26-24-42-17-9-4-10-18-42/h23-26,41-54H,3-22,27-40H2,1-2H3/b25-23+,26-24+.